The van der Waals surface area contributed by atoms with Gasteiger partial charge in [0.2, 0.25) is 0 Å². The molecule has 0 aliphatic rings. The van der Waals surface area contributed by atoms with Crippen LogP contribution in [0.25, 0.3) is 0 Å². The molecule has 16 heavy (non-hydrogen) atoms. The van der Waals surface area contributed by atoms with E-state index in [0.717, 1.165) is 11.0 Å². The number of hydrogen-bond donors (Lipinski definition) is 2. The summed E-state index contributed by atoms with van der Waals surface area (Å²) in [6.07, 6.45) is 3.44. The Balaban J connectivity index is 2.56. The molecule has 0 fully saturated rings. The van der Waals surface area contributed by atoms with E-state index in [2.05, 4.69) is 15.3 Å². The summed E-state index contributed by atoms with van der Waals surface area (Å²) in [5.41, 5.74) is 5.52. The highest BCUT2D eigenvalue weighted by Gasteiger charge is 2.10. The van der Waals surface area contributed by atoms with Crippen molar-refractivity contribution in [3.05, 3.63) is 18.2 Å². The number of alkyl halides is 2. The third-order valence-electron chi connectivity index (χ3n) is 1.91. The van der Waals surface area contributed by atoms with Crippen molar-refractivity contribution in [1.82, 2.24) is 14.9 Å². The molecule has 0 bridgehead atoms. The molecule has 0 aliphatic heterocycles. The zero-order valence-corrected chi connectivity index (χ0v) is 9.03. The van der Waals surface area contributed by atoms with Gasteiger partial charge < -0.3 is 11.1 Å². The van der Waals surface area contributed by atoms with Gasteiger partial charge in [-0.1, -0.05) is 6.92 Å². The molecule has 1 heterocycles. The molecule has 0 atom stereocenters. The second kappa shape index (κ2) is 6.04. The number of halogens is 2. The van der Waals surface area contributed by atoms with E-state index in [1.807, 2.05) is 6.92 Å². The number of hydrogen-bond acceptors (Lipinski definition) is 2. The van der Waals surface area contributed by atoms with Crippen LogP contribution in [0.3, 0.4) is 0 Å². The number of nitrogens with one attached hydrogen (secondary N) is 1. The van der Waals surface area contributed by atoms with E-state index in [4.69, 9.17) is 5.73 Å². The first-order chi connectivity index (χ1) is 7.65. The molecule has 0 radical (unpaired) electrons. The maximum Gasteiger partial charge on any atom is 0.319 e. The number of rotatable bonds is 5. The Hall–Kier alpha value is -1.66. The quantitative estimate of drug-likeness (QED) is 0.589. The summed E-state index contributed by atoms with van der Waals surface area (Å²) < 4.78 is 25.6. The maximum atomic E-state index is 12.4. The van der Waals surface area contributed by atoms with Gasteiger partial charge in [0.25, 0.3) is 0 Å². The first-order valence-corrected chi connectivity index (χ1v) is 4.98. The van der Waals surface area contributed by atoms with E-state index in [0.29, 0.717) is 6.54 Å². The molecule has 0 spiro atoms. The van der Waals surface area contributed by atoms with E-state index < -0.39 is 6.55 Å². The fraction of sp³-hybridized carbons (Fsp3) is 0.556. The first kappa shape index (κ1) is 12.4. The highest BCUT2D eigenvalue weighted by atomic mass is 19.3. The van der Waals surface area contributed by atoms with Gasteiger partial charge in [-0.15, -0.1) is 0 Å². The molecular weight excluding hydrogens is 216 g/mol. The van der Waals surface area contributed by atoms with Crippen LogP contribution in [0, 0.1) is 0 Å². The SMILES string of the molecule is CCCNC(N)=NCc1nccn1C(F)F. The molecule has 7 heteroatoms. The topological polar surface area (TPSA) is 68.2 Å². The van der Waals surface area contributed by atoms with Crippen LogP contribution in [0.15, 0.2) is 17.4 Å². The minimum atomic E-state index is -2.60. The van der Waals surface area contributed by atoms with Crippen molar-refractivity contribution in [2.75, 3.05) is 6.54 Å². The highest BCUT2D eigenvalue weighted by molar-refractivity contribution is 5.77. The van der Waals surface area contributed by atoms with Crippen molar-refractivity contribution in [2.45, 2.75) is 26.4 Å². The summed E-state index contributed by atoms with van der Waals surface area (Å²) in [5, 5.41) is 2.85. The number of guanidine groups is 1. The second-order valence-electron chi connectivity index (χ2n) is 3.16. The third kappa shape index (κ3) is 3.48. The van der Waals surface area contributed by atoms with Crippen molar-refractivity contribution >= 4 is 5.96 Å². The predicted molar refractivity (Wildman–Crippen MR) is 57.1 cm³/mol. The number of nitrogens with two attached hydrogens (primary N) is 1. The molecule has 1 aromatic heterocycles. The van der Waals surface area contributed by atoms with Crippen LogP contribution in [0.1, 0.15) is 25.7 Å². The number of aromatic nitrogens is 2. The van der Waals surface area contributed by atoms with Gasteiger partial charge in [-0.3, -0.25) is 4.57 Å². The van der Waals surface area contributed by atoms with Crippen molar-refractivity contribution in [2.24, 2.45) is 10.7 Å². The Labute approximate surface area is 92.4 Å². The van der Waals surface area contributed by atoms with Gasteiger partial charge in [0.1, 0.15) is 12.4 Å². The Morgan fingerprint density at radius 3 is 3.06 bits per heavy atom. The molecule has 0 aromatic carbocycles. The summed E-state index contributed by atoms with van der Waals surface area (Å²) >= 11 is 0. The van der Waals surface area contributed by atoms with Crippen LogP contribution in [0.2, 0.25) is 0 Å². The summed E-state index contributed by atoms with van der Waals surface area (Å²) in [5.74, 6) is 0.432. The van der Waals surface area contributed by atoms with Crippen LogP contribution < -0.4 is 11.1 Å². The molecule has 1 aromatic rings. The molecule has 90 valence electrons. The Kier molecular flexibility index (Phi) is 4.68. The Morgan fingerprint density at radius 1 is 1.69 bits per heavy atom. The third-order valence-corrected chi connectivity index (χ3v) is 1.91. The van der Waals surface area contributed by atoms with Crippen molar-refractivity contribution in [1.29, 1.82) is 0 Å². The van der Waals surface area contributed by atoms with Crippen molar-refractivity contribution in [3.63, 3.8) is 0 Å². The zero-order valence-electron chi connectivity index (χ0n) is 9.03. The van der Waals surface area contributed by atoms with Gasteiger partial charge in [0.15, 0.2) is 5.96 Å². The van der Waals surface area contributed by atoms with Crippen LogP contribution in [0.5, 0.6) is 0 Å². The monoisotopic (exact) mass is 231 g/mol. The van der Waals surface area contributed by atoms with Gasteiger partial charge >= 0.3 is 6.55 Å². The van der Waals surface area contributed by atoms with Crippen molar-refractivity contribution in [3.8, 4) is 0 Å². The average Bonchev–Trinajstić information content (AvgIpc) is 2.71. The lowest BCUT2D eigenvalue weighted by atomic mass is 10.5. The average molecular weight is 231 g/mol. The molecule has 0 saturated carbocycles. The van der Waals surface area contributed by atoms with E-state index in [1.165, 1.54) is 12.4 Å². The minimum Gasteiger partial charge on any atom is -0.370 e. The predicted octanol–water partition coefficient (Wildman–Crippen LogP) is 1.09. The fourth-order valence-electron chi connectivity index (χ4n) is 1.11. The molecule has 0 amide bonds. The van der Waals surface area contributed by atoms with Crippen LogP contribution in [0.4, 0.5) is 8.78 Å². The highest BCUT2D eigenvalue weighted by Crippen LogP contribution is 2.12. The van der Waals surface area contributed by atoms with E-state index >= 15 is 0 Å². The van der Waals surface area contributed by atoms with E-state index in [1.54, 1.807) is 0 Å². The first-order valence-electron chi connectivity index (χ1n) is 4.98. The zero-order chi connectivity index (χ0) is 12.0. The minimum absolute atomic E-state index is 0.0416. The van der Waals surface area contributed by atoms with E-state index in [-0.39, 0.29) is 18.3 Å². The standard InChI is InChI=1S/C9H15F2N5/c1-2-3-14-9(12)15-6-7-13-4-5-16(7)8(10)11/h4-5,8H,2-3,6H2,1H3,(H3,12,14,15). The van der Waals surface area contributed by atoms with Crippen LogP contribution in [-0.4, -0.2) is 22.1 Å². The molecule has 0 unspecified atom stereocenters. The van der Waals surface area contributed by atoms with Gasteiger partial charge in [-0.05, 0) is 6.42 Å². The largest absolute Gasteiger partial charge is 0.370 e. The number of aliphatic imine (C=N–C) groups is 1. The van der Waals surface area contributed by atoms with Crippen LogP contribution >= 0.6 is 0 Å². The maximum absolute atomic E-state index is 12.4. The summed E-state index contributed by atoms with van der Waals surface area (Å²) in [6, 6.07) is 0. The smallest absolute Gasteiger partial charge is 0.319 e. The fourth-order valence-corrected chi connectivity index (χ4v) is 1.11. The summed E-state index contributed by atoms with van der Waals surface area (Å²) in [4.78, 5) is 7.70. The van der Waals surface area contributed by atoms with Gasteiger partial charge in [0.05, 0.1) is 0 Å². The molecule has 1 rings (SSSR count). The summed E-state index contributed by atoms with van der Waals surface area (Å²) in [6.45, 7) is 0.139. The lowest BCUT2D eigenvalue weighted by Crippen LogP contribution is -2.32. The van der Waals surface area contributed by atoms with Gasteiger partial charge in [-0.2, -0.15) is 8.78 Å². The Bertz CT molecular complexity index is 347. The van der Waals surface area contributed by atoms with Crippen molar-refractivity contribution < 1.29 is 8.78 Å². The Morgan fingerprint density at radius 2 is 2.44 bits per heavy atom. The molecule has 0 saturated heterocycles. The lowest BCUT2D eigenvalue weighted by Gasteiger charge is -2.05. The number of imidazole rings is 1. The van der Waals surface area contributed by atoms with Crippen LogP contribution in [-0.2, 0) is 6.54 Å². The lowest BCUT2D eigenvalue weighted by molar-refractivity contribution is 0.0671. The molecule has 0 aliphatic carbocycles. The van der Waals surface area contributed by atoms with Gasteiger partial charge in [0, 0.05) is 18.9 Å². The second-order valence-corrected chi connectivity index (χ2v) is 3.16. The normalized spacial score (nSPS) is 12.1. The van der Waals surface area contributed by atoms with E-state index in [9.17, 15) is 8.78 Å². The van der Waals surface area contributed by atoms with Gasteiger partial charge in [-0.25, -0.2) is 9.98 Å². The summed E-state index contributed by atoms with van der Waals surface area (Å²) in [7, 11) is 0. The number of nitrogens with zero attached hydrogens (tertiary/aromatic N) is 3. The molecular formula is C9H15F2N5. The molecule has 3 N–H and O–H groups in total. The molecule has 5 nitrogen and oxygen atoms in total.